The quantitative estimate of drug-likeness (QED) is 0.902. The number of rotatable bonds is 4. The molecule has 1 saturated heterocycles. The number of aromatic nitrogens is 2. The van der Waals surface area contributed by atoms with E-state index in [4.69, 9.17) is 0 Å². The van der Waals surface area contributed by atoms with Gasteiger partial charge in [-0.15, -0.1) is 0 Å². The monoisotopic (exact) mass is 333 g/mol. The summed E-state index contributed by atoms with van der Waals surface area (Å²) in [5.74, 6) is -0.418. The average Bonchev–Trinajstić information content (AvgIpc) is 3.11. The minimum absolute atomic E-state index is 0.0591. The largest absolute Gasteiger partial charge is 0.357 e. The van der Waals surface area contributed by atoms with Gasteiger partial charge in [-0.25, -0.2) is 23.5 Å². The van der Waals surface area contributed by atoms with E-state index < -0.39 is 23.4 Å². The maximum Gasteiger partial charge on any atom is 0.319 e. The van der Waals surface area contributed by atoms with E-state index in [1.165, 1.54) is 6.07 Å². The molecule has 126 valence electrons. The van der Waals surface area contributed by atoms with Crippen molar-refractivity contribution in [2.45, 2.75) is 19.4 Å². The standard InChI is InChI=1S/C16H17F2N5O/c17-11-4-3-5-12(18)15(11)22-16(24)20-10-13-19-7-6-14(21-13)23-8-1-2-9-23/h3-7H,1-2,8-10H2,(H2,20,22,24). The molecule has 2 N–H and O–H groups in total. The Labute approximate surface area is 137 Å². The summed E-state index contributed by atoms with van der Waals surface area (Å²) < 4.78 is 27.0. The summed E-state index contributed by atoms with van der Waals surface area (Å²) in [4.78, 5) is 22.5. The van der Waals surface area contributed by atoms with Crippen LogP contribution in [0.3, 0.4) is 0 Å². The Balaban J connectivity index is 1.59. The van der Waals surface area contributed by atoms with Gasteiger partial charge in [-0.3, -0.25) is 0 Å². The van der Waals surface area contributed by atoms with Crippen LogP contribution in [0.15, 0.2) is 30.5 Å². The van der Waals surface area contributed by atoms with E-state index in [1.807, 2.05) is 6.07 Å². The Hall–Kier alpha value is -2.77. The predicted octanol–water partition coefficient (Wildman–Crippen LogP) is 2.68. The number of urea groups is 1. The number of carbonyl (C=O) groups is 1. The summed E-state index contributed by atoms with van der Waals surface area (Å²) in [5.41, 5.74) is -0.485. The van der Waals surface area contributed by atoms with E-state index in [1.54, 1.807) is 6.20 Å². The Morgan fingerprint density at radius 3 is 2.58 bits per heavy atom. The molecule has 0 saturated carbocycles. The van der Waals surface area contributed by atoms with Gasteiger partial charge in [0.25, 0.3) is 0 Å². The first-order chi connectivity index (χ1) is 11.6. The van der Waals surface area contributed by atoms with E-state index >= 15 is 0 Å². The molecule has 24 heavy (non-hydrogen) atoms. The van der Waals surface area contributed by atoms with Crippen LogP contribution in [0.5, 0.6) is 0 Å². The van der Waals surface area contributed by atoms with Gasteiger partial charge >= 0.3 is 6.03 Å². The highest BCUT2D eigenvalue weighted by Gasteiger charge is 2.15. The summed E-state index contributed by atoms with van der Waals surface area (Å²) >= 11 is 0. The van der Waals surface area contributed by atoms with Crippen molar-refractivity contribution < 1.29 is 13.6 Å². The number of hydrogen-bond acceptors (Lipinski definition) is 4. The summed E-state index contributed by atoms with van der Waals surface area (Å²) in [6.45, 7) is 1.97. The van der Waals surface area contributed by atoms with Gasteiger partial charge in [-0.2, -0.15) is 0 Å². The lowest BCUT2D eigenvalue weighted by Crippen LogP contribution is -2.30. The van der Waals surface area contributed by atoms with Crippen LogP contribution in [0, 0.1) is 11.6 Å². The topological polar surface area (TPSA) is 70.2 Å². The van der Waals surface area contributed by atoms with Gasteiger partial charge in [-0.05, 0) is 31.0 Å². The van der Waals surface area contributed by atoms with Crippen molar-refractivity contribution in [2.75, 3.05) is 23.3 Å². The molecule has 0 aliphatic carbocycles. The fourth-order valence-electron chi connectivity index (χ4n) is 2.53. The van der Waals surface area contributed by atoms with Crippen molar-refractivity contribution in [3.63, 3.8) is 0 Å². The average molecular weight is 333 g/mol. The lowest BCUT2D eigenvalue weighted by molar-refractivity contribution is 0.251. The molecule has 1 aliphatic heterocycles. The van der Waals surface area contributed by atoms with Crippen LogP contribution in [0.1, 0.15) is 18.7 Å². The molecule has 0 unspecified atom stereocenters. The highest BCUT2D eigenvalue weighted by Crippen LogP contribution is 2.18. The molecule has 1 fully saturated rings. The van der Waals surface area contributed by atoms with Crippen molar-refractivity contribution in [3.05, 3.63) is 47.9 Å². The molecule has 0 atom stereocenters. The Morgan fingerprint density at radius 2 is 1.88 bits per heavy atom. The molecule has 6 nitrogen and oxygen atoms in total. The first-order valence-corrected chi connectivity index (χ1v) is 7.69. The molecular weight excluding hydrogens is 316 g/mol. The summed E-state index contributed by atoms with van der Waals surface area (Å²) in [6, 6.07) is 4.46. The highest BCUT2D eigenvalue weighted by atomic mass is 19.1. The van der Waals surface area contributed by atoms with Crippen LogP contribution in [-0.2, 0) is 6.54 Å². The molecule has 1 aliphatic rings. The van der Waals surface area contributed by atoms with Crippen molar-refractivity contribution in [3.8, 4) is 0 Å². The zero-order valence-electron chi connectivity index (χ0n) is 12.9. The smallest absolute Gasteiger partial charge is 0.319 e. The SMILES string of the molecule is O=C(NCc1nccc(N2CCCC2)n1)Nc1c(F)cccc1F. The van der Waals surface area contributed by atoms with Crippen LogP contribution in [0.25, 0.3) is 0 Å². The van der Waals surface area contributed by atoms with Crippen LogP contribution < -0.4 is 15.5 Å². The lowest BCUT2D eigenvalue weighted by Gasteiger charge is -2.16. The lowest BCUT2D eigenvalue weighted by atomic mass is 10.3. The maximum atomic E-state index is 13.5. The number of para-hydroxylation sites is 1. The van der Waals surface area contributed by atoms with E-state index in [0.29, 0.717) is 5.82 Å². The van der Waals surface area contributed by atoms with Gasteiger partial charge in [0.05, 0.1) is 6.54 Å². The highest BCUT2D eigenvalue weighted by molar-refractivity contribution is 5.89. The van der Waals surface area contributed by atoms with Gasteiger partial charge in [0.15, 0.2) is 0 Å². The second-order valence-electron chi connectivity index (χ2n) is 5.43. The van der Waals surface area contributed by atoms with Gasteiger partial charge in [0.2, 0.25) is 0 Å². The summed E-state index contributed by atoms with van der Waals surface area (Å²) in [5, 5.41) is 4.65. The zero-order valence-corrected chi connectivity index (χ0v) is 12.9. The van der Waals surface area contributed by atoms with Crippen LogP contribution in [-0.4, -0.2) is 29.1 Å². The Morgan fingerprint density at radius 1 is 1.17 bits per heavy atom. The molecule has 0 bridgehead atoms. The molecule has 2 heterocycles. The second kappa shape index (κ2) is 7.20. The minimum atomic E-state index is -0.836. The third-order valence-electron chi connectivity index (χ3n) is 3.73. The Bertz CT molecular complexity index is 714. The first-order valence-electron chi connectivity index (χ1n) is 7.69. The molecule has 0 spiro atoms. The summed E-state index contributed by atoms with van der Waals surface area (Å²) in [6.07, 6.45) is 3.90. The van der Waals surface area contributed by atoms with Crippen molar-refractivity contribution >= 4 is 17.5 Å². The van der Waals surface area contributed by atoms with Crippen molar-refractivity contribution in [1.82, 2.24) is 15.3 Å². The van der Waals surface area contributed by atoms with E-state index in [2.05, 4.69) is 25.5 Å². The number of anilines is 2. The van der Waals surface area contributed by atoms with Crippen LogP contribution in [0.2, 0.25) is 0 Å². The molecule has 2 amide bonds. The van der Waals surface area contributed by atoms with Crippen LogP contribution >= 0.6 is 0 Å². The van der Waals surface area contributed by atoms with Crippen molar-refractivity contribution in [1.29, 1.82) is 0 Å². The number of halogens is 2. The number of nitrogens with one attached hydrogen (secondary N) is 2. The van der Waals surface area contributed by atoms with E-state index in [-0.39, 0.29) is 6.54 Å². The molecular formula is C16H17F2N5O. The number of amides is 2. The number of nitrogens with zero attached hydrogens (tertiary/aromatic N) is 3. The maximum absolute atomic E-state index is 13.5. The fraction of sp³-hybridized carbons (Fsp3) is 0.312. The molecule has 2 aromatic rings. The van der Waals surface area contributed by atoms with Crippen LogP contribution in [0.4, 0.5) is 25.1 Å². The first kappa shape index (κ1) is 16.1. The minimum Gasteiger partial charge on any atom is -0.357 e. The molecule has 8 heteroatoms. The predicted molar refractivity (Wildman–Crippen MR) is 85.7 cm³/mol. The van der Waals surface area contributed by atoms with Gasteiger partial charge in [0.1, 0.15) is 29.0 Å². The van der Waals surface area contributed by atoms with Gasteiger partial charge < -0.3 is 15.5 Å². The molecule has 0 radical (unpaired) electrons. The zero-order chi connectivity index (χ0) is 16.9. The van der Waals surface area contributed by atoms with E-state index in [0.717, 1.165) is 43.9 Å². The number of carbonyl (C=O) groups excluding carboxylic acids is 1. The Kier molecular flexibility index (Phi) is 4.83. The van der Waals surface area contributed by atoms with Crippen molar-refractivity contribution in [2.24, 2.45) is 0 Å². The summed E-state index contributed by atoms with van der Waals surface area (Å²) in [7, 11) is 0. The van der Waals surface area contributed by atoms with E-state index in [9.17, 15) is 13.6 Å². The third-order valence-corrected chi connectivity index (χ3v) is 3.73. The van der Waals surface area contributed by atoms with Gasteiger partial charge in [-0.1, -0.05) is 6.07 Å². The normalized spacial score (nSPS) is 13.8. The second-order valence-corrected chi connectivity index (χ2v) is 5.43. The molecule has 1 aromatic carbocycles. The molecule has 3 rings (SSSR count). The number of hydrogen-bond donors (Lipinski definition) is 2. The number of benzene rings is 1. The molecule has 1 aromatic heterocycles. The van der Waals surface area contributed by atoms with Gasteiger partial charge in [0, 0.05) is 19.3 Å². The third kappa shape index (κ3) is 3.76. The fourth-order valence-corrected chi connectivity index (χ4v) is 2.53.